The van der Waals surface area contributed by atoms with Gasteiger partial charge in [-0.15, -0.1) is 0 Å². The molecule has 0 aliphatic heterocycles. The van der Waals surface area contributed by atoms with Gasteiger partial charge in [-0.1, -0.05) is 30.9 Å². The van der Waals surface area contributed by atoms with Crippen LogP contribution in [0.3, 0.4) is 0 Å². The largest absolute Gasteiger partial charge is 0.252 e. The second-order valence-corrected chi connectivity index (χ2v) is 5.02. The highest BCUT2D eigenvalue weighted by Crippen LogP contribution is 2.24. The van der Waals surface area contributed by atoms with Gasteiger partial charge in [0.15, 0.2) is 0 Å². The first-order chi connectivity index (χ1) is 10.7. The Morgan fingerprint density at radius 1 is 1.09 bits per heavy atom. The lowest BCUT2D eigenvalue weighted by molar-refractivity contribution is 0.628. The van der Waals surface area contributed by atoms with Gasteiger partial charge in [0.2, 0.25) is 0 Å². The van der Waals surface area contributed by atoms with Crippen molar-refractivity contribution in [1.29, 1.82) is 0 Å². The number of hydrogen-bond acceptors (Lipinski definition) is 2. The Morgan fingerprint density at radius 2 is 1.86 bits per heavy atom. The van der Waals surface area contributed by atoms with Crippen LogP contribution in [0.15, 0.2) is 61.3 Å². The highest BCUT2D eigenvalue weighted by atomic mass is 19.1. The van der Waals surface area contributed by atoms with Crippen LogP contribution in [-0.2, 0) is 0 Å². The number of benzene rings is 2. The topological polar surface area (TPSA) is 25.8 Å². The van der Waals surface area contributed by atoms with Crippen LogP contribution < -0.4 is 0 Å². The van der Waals surface area contributed by atoms with E-state index in [1.165, 1.54) is 12.1 Å². The summed E-state index contributed by atoms with van der Waals surface area (Å²) in [6.07, 6.45) is 7.31. The number of halogens is 1. The van der Waals surface area contributed by atoms with Crippen LogP contribution in [0.2, 0.25) is 0 Å². The van der Waals surface area contributed by atoms with Crippen molar-refractivity contribution in [2.24, 2.45) is 0 Å². The molecule has 0 saturated carbocycles. The molecule has 2 nitrogen and oxygen atoms in total. The SMILES string of the molecule is C=C/C=C\c1c(C)ccc2ncc(-c3ccc(F)cc3)nc12. The smallest absolute Gasteiger partial charge is 0.123 e. The molecule has 3 aromatic rings. The molecule has 1 heterocycles. The quantitative estimate of drug-likeness (QED) is 0.638. The van der Waals surface area contributed by atoms with Crippen molar-refractivity contribution in [3.05, 3.63) is 78.3 Å². The van der Waals surface area contributed by atoms with Gasteiger partial charge in [-0.3, -0.25) is 4.98 Å². The normalized spacial score (nSPS) is 11.2. The summed E-state index contributed by atoms with van der Waals surface area (Å²) in [6, 6.07) is 10.3. The zero-order valence-corrected chi connectivity index (χ0v) is 12.3. The molecule has 0 N–H and O–H groups in total. The van der Waals surface area contributed by atoms with Crippen LogP contribution in [0.5, 0.6) is 0 Å². The van der Waals surface area contributed by atoms with E-state index >= 15 is 0 Å². The van der Waals surface area contributed by atoms with E-state index in [1.54, 1.807) is 24.4 Å². The van der Waals surface area contributed by atoms with Gasteiger partial charge < -0.3 is 0 Å². The summed E-state index contributed by atoms with van der Waals surface area (Å²) in [5.41, 5.74) is 5.38. The summed E-state index contributed by atoms with van der Waals surface area (Å²) in [6.45, 7) is 5.74. The minimum Gasteiger partial charge on any atom is -0.252 e. The molecule has 0 atom stereocenters. The van der Waals surface area contributed by atoms with E-state index < -0.39 is 0 Å². The zero-order chi connectivity index (χ0) is 15.5. The molecular weight excluding hydrogens is 275 g/mol. The van der Waals surface area contributed by atoms with Crippen LogP contribution in [0.4, 0.5) is 4.39 Å². The summed E-state index contributed by atoms with van der Waals surface area (Å²) < 4.78 is 13.1. The second-order valence-electron chi connectivity index (χ2n) is 5.02. The summed E-state index contributed by atoms with van der Waals surface area (Å²) in [5, 5.41) is 0. The van der Waals surface area contributed by atoms with Crippen LogP contribution >= 0.6 is 0 Å². The molecule has 0 spiro atoms. The molecule has 1 aromatic heterocycles. The minimum atomic E-state index is -0.261. The molecular formula is C19H15FN2. The first-order valence-electron chi connectivity index (χ1n) is 7.00. The van der Waals surface area contributed by atoms with Crippen molar-refractivity contribution in [1.82, 2.24) is 9.97 Å². The average molecular weight is 290 g/mol. The van der Waals surface area contributed by atoms with Gasteiger partial charge in [0.05, 0.1) is 22.9 Å². The van der Waals surface area contributed by atoms with Gasteiger partial charge >= 0.3 is 0 Å². The van der Waals surface area contributed by atoms with E-state index in [9.17, 15) is 4.39 Å². The van der Waals surface area contributed by atoms with Crippen LogP contribution in [0.25, 0.3) is 28.4 Å². The lowest BCUT2D eigenvalue weighted by atomic mass is 10.1. The van der Waals surface area contributed by atoms with Crippen molar-refractivity contribution >= 4 is 17.1 Å². The molecule has 2 aromatic carbocycles. The van der Waals surface area contributed by atoms with Crippen LogP contribution in [0.1, 0.15) is 11.1 Å². The maximum Gasteiger partial charge on any atom is 0.123 e. The number of aryl methyl sites for hydroxylation is 1. The molecule has 0 saturated heterocycles. The molecule has 22 heavy (non-hydrogen) atoms. The molecule has 0 aliphatic carbocycles. The molecule has 0 amide bonds. The maximum absolute atomic E-state index is 13.1. The average Bonchev–Trinajstić information content (AvgIpc) is 2.54. The molecule has 0 unspecified atom stereocenters. The Morgan fingerprint density at radius 3 is 2.59 bits per heavy atom. The summed E-state index contributed by atoms with van der Waals surface area (Å²) in [5.74, 6) is -0.261. The predicted octanol–water partition coefficient (Wildman–Crippen LogP) is 4.94. The predicted molar refractivity (Wildman–Crippen MR) is 88.9 cm³/mol. The molecule has 3 rings (SSSR count). The van der Waals surface area contributed by atoms with Crippen molar-refractivity contribution in [3.8, 4) is 11.3 Å². The number of aromatic nitrogens is 2. The third-order valence-corrected chi connectivity index (χ3v) is 3.51. The summed E-state index contributed by atoms with van der Waals surface area (Å²) in [7, 11) is 0. The Kier molecular flexibility index (Phi) is 3.79. The highest BCUT2D eigenvalue weighted by Gasteiger charge is 2.07. The van der Waals surface area contributed by atoms with Crippen molar-refractivity contribution in [2.75, 3.05) is 0 Å². The Bertz CT molecular complexity index is 864. The number of fused-ring (bicyclic) bond motifs is 1. The van der Waals surface area contributed by atoms with Gasteiger partial charge in [-0.2, -0.15) is 0 Å². The van der Waals surface area contributed by atoms with Crippen molar-refractivity contribution in [2.45, 2.75) is 6.92 Å². The summed E-state index contributed by atoms with van der Waals surface area (Å²) >= 11 is 0. The van der Waals surface area contributed by atoms with E-state index in [-0.39, 0.29) is 5.82 Å². The van der Waals surface area contributed by atoms with E-state index in [0.717, 1.165) is 33.4 Å². The van der Waals surface area contributed by atoms with Gasteiger partial charge in [0, 0.05) is 11.1 Å². The fourth-order valence-corrected chi connectivity index (χ4v) is 2.33. The lowest BCUT2D eigenvalue weighted by Crippen LogP contribution is -1.93. The first-order valence-corrected chi connectivity index (χ1v) is 7.00. The molecule has 0 radical (unpaired) electrons. The number of rotatable bonds is 3. The first kappa shape index (κ1) is 14.1. The minimum absolute atomic E-state index is 0.261. The third kappa shape index (κ3) is 2.66. The summed E-state index contributed by atoms with van der Waals surface area (Å²) in [4.78, 5) is 9.19. The van der Waals surface area contributed by atoms with Gasteiger partial charge in [-0.05, 0) is 42.8 Å². The second kappa shape index (κ2) is 5.90. The van der Waals surface area contributed by atoms with E-state index in [1.807, 2.05) is 31.2 Å². The maximum atomic E-state index is 13.1. The molecule has 0 bridgehead atoms. The van der Waals surface area contributed by atoms with Crippen molar-refractivity contribution < 1.29 is 4.39 Å². The van der Waals surface area contributed by atoms with Crippen molar-refractivity contribution in [3.63, 3.8) is 0 Å². The fraction of sp³-hybridized carbons (Fsp3) is 0.0526. The Labute approximate surface area is 128 Å². The lowest BCUT2D eigenvalue weighted by Gasteiger charge is -2.07. The van der Waals surface area contributed by atoms with Gasteiger partial charge in [-0.25, -0.2) is 9.37 Å². The van der Waals surface area contributed by atoms with Gasteiger partial charge in [0.25, 0.3) is 0 Å². The van der Waals surface area contributed by atoms with E-state index in [2.05, 4.69) is 11.6 Å². The van der Waals surface area contributed by atoms with Crippen LogP contribution in [0, 0.1) is 12.7 Å². The number of nitrogens with zero attached hydrogens (tertiary/aromatic N) is 2. The number of hydrogen-bond donors (Lipinski definition) is 0. The fourth-order valence-electron chi connectivity index (χ4n) is 2.33. The molecule has 0 fully saturated rings. The van der Waals surface area contributed by atoms with Gasteiger partial charge in [0.1, 0.15) is 5.82 Å². The Hall–Kier alpha value is -2.81. The highest BCUT2D eigenvalue weighted by molar-refractivity contribution is 5.87. The van der Waals surface area contributed by atoms with Crippen LogP contribution in [-0.4, -0.2) is 9.97 Å². The Balaban J connectivity index is 2.21. The molecule has 0 aliphatic rings. The molecule has 108 valence electrons. The standard InChI is InChI=1S/C19H15FN2/c1-3-4-5-16-13(2)6-11-17-19(16)22-18(12-21-17)14-7-9-15(20)10-8-14/h3-12H,1H2,2H3/b5-4-. The monoisotopic (exact) mass is 290 g/mol. The zero-order valence-electron chi connectivity index (χ0n) is 12.3. The number of allylic oxidation sites excluding steroid dienone is 2. The molecule has 3 heteroatoms. The van der Waals surface area contributed by atoms with E-state index in [0.29, 0.717) is 0 Å². The third-order valence-electron chi connectivity index (χ3n) is 3.51. The van der Waals surface area contributed by atoms with E-state index in [4.69, 9.17) is 4.98 Å².